The van der Waals surface area contributed by atoms with Crippen molar-refractivity contribution >= 4 is 45.2 Å². The molecule has 0 aliphatic carbocycles. The van der Waals surface area contributed by atoms with Gasteiger partial charge in [-0.25, -0.2) is 15.0 Å². The van der Waals surface area contributed by atoms with Crippen molar-refractivity contribution in [3.63, 3.8) is 0 Å². The van der Waals surface area contributed by atoms with E-state index in [0.29, 0.717) is 33.9 Å². The molecule has 0 saturated carbocycles. The lowest BCUT2D eigenvalue weighted by atomic mass is 10.2. The number of nitrogens with one attached hydrogen (secondary N) is 4. The van der Waals surface area contributed by atoms with Crippen LogP contribution in [-0.2, 0) is 10.7 Å². The Balaban J connectivity index is 1.42. The summed E-state index contributed by atoms with van der Waals surface area (Å²) in [7, 11) is 0. The molecule has 4 N–H and O–H groups in total. The van der Waals surface area contributed by atoms with Gasteiger partial charge in [0.15, 0.2) is 5.82 Å². The maximum absolute atomic E-state index is 13.6. The van der Waals surface area contributed by atoms with E-state index in [1.54, 1.807) is 30.5 Å². The van der Waals surface area contributed by atoms with Gasteiger partial charge in [0.25, 0.3) is 0 Å². The number of rotatable bonds is 5. The molecule has 4 aromatic rings. The van der Waals surface area contributed by atoms with Crippen molar-refractivity contribution in [1.29, 1.82) is 0 Å². The maximum atomic E-state index is 13.6. The molecule has 1 amide bonds. The Morgan fingerprint density at radius 2 is 2.09 bits per heavy atom. The molecule has 10 heteroatoms. The van der Waals surface area contributed by atoms with Gasteiger partial charge in [0.1, 0.15) is 0 Å². The number of amides is 1. The van der Waals surface area contributed by atoms with Crippen molar-refractivity contribution in [3.05, 3.63) is 48.4 Å². The first-order valence-corrected chi connectivity index (χ1v) is 10.3. The third kappa shape index (κ3) is 3.96. The van der Waals surface area contributed by atoms with Crippen molar-refractivity contribution in [2.24, 2.45) is 0 Å². The Hall–Kier alpha value is -3.66. The summed E-state index contributed by atoms with van der Waals surface area (Å²) in [5.41, 5.74) is 2.74. The molecule has 0 radical (unpaired) electrons. The van der Waals surface area contributed by atoms with E-state index in [9.17, 15) is 13.6 Å². The number of fused-ring (bicyclic) bond motifs is 2. The molecular weight excluding hydrogens is 416 g/mol. The zero-order valence-electron chi connectivity index (χ0n) is 17.2. The monoisotopic (exact) mass is 437 g/mol. The van der Waals surface area contributed by atoms with Gasteiger partial charge >= 0.3 is 5.92 Å². The Morgan fingerprint density at radius 3 is 2.88 bits per heavy atom. The number of imidazole rings is 1. The van der Waals surface area contributed by atoms with Crippen LogP contribution in [0.25, 0.3) is 21.9 Å². The fourth-order valence-corrected chi connectivity index (χ4v) is 3.77. The number of carbonyl (C=O) groups excluding carboxylic acids is 1. The van der Waals surface area contributed by atoms with Crippen molar-refractivity contribution in [3.8, 4) is 0 Å². The number of aromatic amines is 1. The van der Waals surface area contributed by atoms with Crippen LogP contribution in [0, 0.1) is 0 Å². The molecule has 3 heterocycles. The van der Waals surface area contributed by atoms with Gasteiger partial charge < -0.3 is 20.9 Å². The van der Waals surface area contributed by atoms with Crippen LogP contribution in [0.1, 0.15) is 25.6 Å². The van der Waals surface area contributed by atoms with Gasteiger partial charge in [-0.2, -0.15) is 8.78 Å². The van der Waals surface area contributed by atoms with Gasteiger partial charge in [-0.15, -0.1) is 0 Å². The molecule has 2 aromatic carbocycles. The molecule has 2 aromatic heterocycles. The highest BCUT2D eigenvalue weighted by Crippen LogP contribution is 2.28. The molecule has 32 heavy (non-hydrogen) atoms. The predicted molar refractivity (Wildman–Crippen MR) is 118 cm³/mol. The van der Waals surface area contributed by atoms with Crippen LogP contribution in [0.3, 0.4) is 0 Å². The average Bonchev–Trinajstić information content (AvgIpc) is 3.44. The van der Waals surface area contributed by atoms with Gasteiger partial charge in [-0.1, -0.05) is 12.1 Å². The van der Waals surface area contributed by atoms with E-state index < -0.39 is 5.92 Å². The SMILES string of the molecule is CC(F)(F)c1nc2ccc(Nc3ncc4cccc(NC(=O)C5CCCN5)c4n3)cc2[nH]1. The minimum atomic E-state index is -3.05. The lowest BCUT2D eigenvalue weighted by Gasteiger charge is -2.13. The first-order chi connectivity index (χ1) is 15.4. The molecule has 164 valence electrons. The molecule has 0 spiro atoms. The maximum Gasteiger partial charge on any atom is 0.301 e. The summed E-state index contributed by atoms with van der Waals surface area (Å²) in [5.74, 6) is -3.21. The third-order valence-corrected chi connectivity index (χ3v) is 5.40. The van der Waals surface area contributed by atoms with E-state index in [1.807, 2.05) is 12.1 Å². The lowest BCUT2D eigenvalue weighted by Crippen LogP contribution is -2.35. The smallest absolute Gasteiger partial charge is 0.301 e. The van der Waals surface area contributed by atoms with Gasteiger partial charge in [-0.3, -0.25) is 4.79 Å². The van der Waals surface area contributed by atoms with Crippen LogP contribution in [0.5, 0.6) is 0 Å². The van der Waals surface area contributed by atoms with E-state index >= 15 is 0 Å². The standard InChI is InChI=1S/C22H21F2N7O/c1-22(23,24)20-29-14-8-7-13(10-17(14)30-20)27-21-26-11-12-4-2-5-15(18(12)31-21)28-19(32)16-6-3-9-25-16/h2,4-5,7-8,10-11,16,25H,3,6,9H2,1H3,(H,28,32)(H,29,30)(H,26,27,31). The third-order valence-electron chi connectivity index (χ3n) is 5.40. The number of alkyl halides is 2. The molecule has 1 atom stereocenters. The summed E-state index contributed by atoms with van der Waals surface area (Å²) < 4.78 is 27.1. The zero-order valence-corrected chi connectivity index (χ0v) is 17.2. The molecule has 1 fully saturated rings. The van der Waals surface area contributed by atoms with Gasteiger partial charge in [-0.05, 0) is 43.7 Å². The molecular formula is C22H21F2N7O. The summed E-state index contributed by atoms with van der Waals surface area (Å²) in [6.07, 6.45) is 3.45. The van der Waals surface area contributed by atoms with E-state index in [0.717, 1.165) is 31.7 Å². The molecule has 1 saturated heterocycles. The summed E-state index contributed by atoms with van der Waals surface area (Å²) in [6, 6.07) is 10.3. The molecule has 1 aliphatic heterocycles. The fourth-order valence-electron chi connectivity index (χ4n) is 3.77. The van der Waals surface area contributed by atoms with E-state index in [2.05, 4.69) is 35.9 Å². The number of hydrogen-bond acceptors (Lipinski definition) is 6. The normalized spacial score (nSPS) is 16.5. The van der Waals surface area contributed by atoms with Gasteiger partial charge in [0.05, 0.1) is 28.3 Å². The number of benzene rings is 2. The molecule has 5 rings (SSSR count). The topological polar surface area (TPSA) is 108 Å². The first kappa shape index (κ1) is 20.3. The minimum absolute atomic E-state index is 0.0867. The zero-order chi connectivity index (χ0) is 22.3. The molecule has 1 unspecified atom stereocenters. The Bertz CT molecular complexity index is 1310. The lowest BCUT2D eigenvalue weighted by molar-refractivity contribution is -0.117. The van der Waals surface area contributed by atoms with Crippen LogP contribution in [0.4, 0.5) is 26.1 Å². The number of aromatic nitrogens is 4. The second-order valence-corrected chi connectivity index (χ2v) is 7.91. The van der Waals surface area contributed by atoms with Crippen LogP contribution in [0.2, 0.25) is 0 Å². The van der Waals surface area contributed by atoms with Crippen molar-refractivity contribution in [2.75, 3.05) is 17.2 Å². The molecule has 8 nitrogen and oxygen atoms in total. The number of H-pyrrole nitrogens is 1. The first-order valence-electron chi connectivity index (χ1n) is 10.3. The van der Waals surface area contributed by atoms with E-state index in [4.69, 9.17) is 0 Å². The van der Waals surface area contributed by atoms with Crippen LogP contribution in [-0.4, -0.2) is 38.4 Å². The van der Waals surface area contributed by atoms with Gasteiger partial charge in [0.2, 0.25) is 11.9 Å². The highest BCUT2D eigenvalue weighted by atomic mass is 19.3. The summed E-state index contributed by atoms with van der Waals surface area (Å²) in [4.78, 5) is 28.0. The molecule has 0 bridgehead atoms. The summed E-state index contributed by atoms with van der Waals surface area (Å²) in [5, 5.41) is 10.0. The highest BCUT2D eigenvalue weighted by molar-refractivity contribution is 6.02. The van der Waals surface area contributed by atoms with Crippen LogP contribution in [0.15, 0.2) is 42.6 Å². The Labute approximate surface area is 181 Å². The largest absolute Gasteiger partial charge is 0.337 e. The van der Waals surface area contributed by atoms with Gasteiger partial charge in [0, 0.05) is 24.2 Å². The van der Waals surface area contributed by atoms with Crippen molar-refractivity contribution in [1.82, 2.24) is 25.3 Å². The van der Waals surface area contributed by atoms with Crippen molar-refractivity contribution < 1.29 is 13.6 Å². The van der Waals surface area contributed by atoms with Crippen LogP contribution < -0.4 is 16.0 Å². The number of para-hydroxylation sites is 1. The minimum Gasteiger partial charge on any atom is -0.337 e. The van der Waals surface area contributed by atoms with Crippen molar-refractivity contribution in [2.45, 2.75) is 31.7 Å². The molecule has 1 aliphatic rings. The number of carbonyl (C=O) groups is 1. The fraction of sp³-hybridized carbons (Fsp3) is 0.273. The van der Waals surface area contributed by atoms with E-state index in [1.165, 1.54) is 0 Å². The quantitative estimate of drug-likeness (QED) is 0.375. The Morgan fingerprint density at radius 1 is 1.22 bits per heavy atom. The number of anilines is 3. The second kappa shape index (κ2) is 7.79. The average molecular weight is 437 g/mol. The number of halogens is 2. The number of hydrogen-bond donors (Lipinski definition) is 4. The number of nitrogens with zero attached hydrogens (tertiary/aromatic N) is 3. The highest BCUT2D eigenvalue weighted by Gasteiger charge is 2.28. The summed E-state index contributed by atoms with van der Waals surface area (Å²) >= 11 is 0. The second-order valence-electron chi connectivity index (χ2n) is 7.91. The summed E-state index contributed by atoms with van der Waals surface area (Å²) in [6.45, 7) is 1.63. The van der Waals surface area contributed by atoms with Crippen LogP contribution >= 0.6 is 0 Å². The predicted octanol–water partition coefficient (Wildman–Crippen LogP) is 4.05. The van der Waals surface area contributed by atoms with E-state index in [-0.39, 0.29) is 17.8 Å². The Kier molecular flexibility index (Phi) is 4.93.